The summed E-state index contributed by atoms with van der Waals surface area (Å²) < 4.78 is 5.11. The lowest BCUT2D eigenvalue weighted by atomic mass is 10.2. The van der Waals surface area contributed by atoms with Gasteiger partial charge in [0.2, 0.25) is 0 Å². The van der Waals surface area contributed by atoms with Gasteiger partial charge in [0, 0.05) is 11.8 Å². The number of hydrogen-bond donors (Lipinski definition) is 0. The quantitative estimate of drug-likeness (QED) is 0.684. The molecule has 3 rings (SSSR count). The molecule has 0 unspecified atom stereocenters. The van der Waals surface area contributed by atoms with Crippen molar-refractivity contribution < 1.29 is 4.74 Å². The van der Waals surface area contributed by atoms with Gasteiger partial charge >= 0.3 is 0 Å². The Kier molecular flexibility index (Phi) is 2.57. The predicted octanol–water partition coefficient (Wildman–Crippen LogP) is 2.10. The van der Waals surface area contributed by atoms with Gasteiger partial charge < -0.3 is 4.74 Å². The smallest absolute Gasteiger partial charge is 0.182 e. The Morgan fingerprint density at radius 1 is 0.944 bits per heavy atom. The van der Waals surface area contributed by atoms with E-state index in [0.717, 1.165) is 22.3 Å². The number of hydrogen-bond acceptors (Lipinski definition) is 5. The summed E-state index contributed by atoms with van der Waals surface area (Å²) in [7, 11) is 1.63. The molecule has 5 nitrogen and oxygen atoms in total. The minimum atomic E-state index is 0.582. The average molecular weight is 238 g/mol. The summed E-state index contributed by atoms with van der Waals surface area (Å²) in [5, 5.41) is 8.22. The van der Waals surface area contributed by atoms with E-state index in [0.29, 0.717) is 5.82 Å². The lowest BCUT2D eigenvalue weighted by molar-refractivity contribution is 0.415. The van der Waals surface area contributed by atoms with Crippen molar-refractivity contribution in [2.24, 2.45) is 0 Å². The highest BCUT2D eigenvalue weighted by Gasteiger charge is 2.04. The van der Waals surface area contributed by atoms with Gasteiger partial charge in [-0.15, -0.1) is 10.2 Å². The van der Waals surface area contributed by atoms with Crippen LogP contribution in [0.15, 0.2) is 42.7 Å². The van der Waals surface area contributed by atoms with Crippen LogP contribution in [0, 0.1) is 0 Å². The fourth-order valence-electron chi connectivity index (χ4n) is 1.65. The molecule has 0 amide bonds. The molecule has 18 heavy (non-hydrogen) atoms. The summed E-state index contributed by atoms with van der Waals surface area (Å²) in [6, 6.07) is 9.32. The van der Waals surface area contributed by atoms with Crippen molar-refractivity contribution in [3.8, 4) is 17.1 Å². The maximum Gasteiger partial charge on any atom is 0.182 e. The molecular formula is C13H10N4O. The Morgan fingerprint density at radius 3 is 2.56 bits per heavy atom. The Bertz CT molecular complexity index is 682. The molecule has 88 valence electrons. The van der Waals surface area contributed by atoms with Gasteiger partial charge in [0.25, 0.3) is 0 Å². The summed E-state index contributed by atoms with van der Waals surface area (Å²) in [4.78, 5) is 8.45. The molecule has 0 aliphatic carbocycles. The first-order chi connectivity index (χ1) is 8.86. The van der Waals surface area contributed by atoms with Crippen LogP contribution >= 0.6 is 0 Å². The van der Waals surface area contributed by atoms with Crippen molar-refractivity contribution in [1.82, 2.24) is 20.2 Å². The van der Waals surface area contributed by atoms with Crippen molar-refractivity contribution in [1.29, 1.82) is 0 Å². The van der Waals surface area contributed by atoms with Gasteiger partial charge in [0.1, 0.15) is 16.8 Å². The maximum absolute atomic E-state index is 5.11. The van der Waals surface area contributed by atoms with Crippen molar-refractivity contribution in [3.05, 3.63) is 42.7 Å². The fourth-order valence-corrected chi connectivity index (χ4v) is 1.65. The van der Waals surface area contributed by atoms with Crippen LogP contribution in [0.1, 0.15) is 0 Å². The van der Waals surface area contributed by atoms with Crippen molar-refractivity contribution in [3.63, 3.8) is 0 Å². The first-order valence-electron chi connectivity index (χ1n) is 5.46. The van der Waals surface area contributed by atoms with E-state index in [1.165, 1.54) is 0 Å². The summed E-state index contributed by atoms with van der Waals surface area (Å²) >= 11 is 0. The molecule has 2 aromatic heterocycles. The molecule has 0 spiro atoms. The maximum atomic E-state index is 5.11. The van der Waals surface area contributed by atoms with Crippen LogP contribution in [0.2, 0.25) is 0 Å². The summed E-state index contributed by atoms with van der Waals surface area (Å²) in [5.74, 6) is 1.38. The van der Waals surface area contributed by atoms with Crippen LogP contribution in [-0.2, 0) is 0 Å². The lowest BCUT2D eigenvalue weighted by Crippen LogP contribution is -1.94. The number of fused-ring (bicyclic) bond motifs is 1. The number of nitrogens with zero attached hydrogens (tertiary/aromatic N) is 4. The van der Waals surface area contributed by atoms with E-state index in [1.807, 2.05) is 24.3 Å². The molecule has 0 aliphatic heterocycles. The van der Waals surface area contributed by atoms with Crippen molar-refractivity contribution in [2.75, 3.05) is 7.11 Å². The molecular weight excluding hydrogens is 228 g/mol. The minimum Gasteiger partial charge on any atom is -0.497 e. The van der Waals surface area contributed by atoms with Crippen LogP contribution in [-0.4, -0.2) is 27.3 Å². The summed E-state index contributed by atoms with van der Waals surface area (Å²) in [6.07, 6.45) is 3.35. The molecule has 0 saturated heterocycles. The second-order valence-electron chi connectivity index (χ2n) is 3.73. The van der Waals surface area contributed by atoms with E-state index in [1.54, 1.807) is 25.6 Å². The third kappa shape index (κ3) is 1.86. The molecule has 1 aromatic carbocycles. The zero-order valence-corrected chi connectivity index (χ0v) is 9.74. The molecule has 0 saturated carbocycles. The van der Waals surface area contributed by atoms with Crippen LogP contribution in [0.4, 0.5) is 0 Å². The van der Waals surface area contributed by atoms with Gasteiger partial charge in [-0.3, -0.25) is 4.98 Å². The Hall–Kier alpha value is -2.56. The highest BCUT2D eigenvalue weighted by Crippen LogP contribution is 2.19. The molecule has 0 N–H and O–H groups in total. The third-order valence-electron chi connectivity index (χ3n) is 2.60. The first-order valence-corrected chi connectivity index (χ1v) is 5.46. The minimum absolute atomic E-state index is 0.582. The SMILES string of the molecule is COc1ccc(-c2nnc3ccncc3n2)cc1. The standard InChI is InChI=1S/C13H10N4O/c1-18-10-4-2-9(3-5-10)13-15-12-8-14-7-6-11(12)16-17-13/h2-8H,1H3. The van der Waals surface area contributed by atoms with Crippen LogP contribution in [0.3, 0.4) is 0 Å². The summed E-state index contributed by atoms with van der Waals surface area (Å²) in [6.45, 7) is 0. The van der Waals surface area contributed by atoms with E-state index in [2.05, 4.69) is 20.2 Å². The van der Waals surface area contributed by atoms with Crippen molar-refractivity contribution >= 4 is 11.0 Å². The second-order valence-corrected chi connectivity index (χ2v) is 3.73. The van der Waals surface area contributed by atoms with Gasteiger partial charge in [0.15, 0.2) is 5.82 Å². The lowest BCUT2D eigenvalue weighted by Gasteiger charge is -2.02. The molecule has 0 bridgehead atoms. The molecule has 2 heterocycles. The molecule has 0 fully saturated rings. The highest BCUT2D eigenvalue weighted by molar-refractivity contribution is 5.74. The van der Waals surface area contributed by atoms with E-state index >= 15 is 0 Å². The van der Waals surface area contributed by atoms with Gasteiger partial charge in [-0.1, -0.05) is 0 Å². The number of pyridine rings is 1. The predicted molar refractivity (Wildman–Crippen MR) is 67.1 cm³/mol. The van der Waals surface area contributed by atoms with Crippen LogP contribution in [0.5, 0.6) is 5.75 Å². The number of rotatable bonds is 2. The molecule has 3 aromatic rings. The Balaban J connectivity index is 2.07. The van der Waals surface area contributed by atoms with Crippen LogP contribution < -0.4 is 4.74 Å². The number of methoxy groups -OCH3 is 1. The monoisotopic (exact) mass is 238 g/mol. The Labute approximate surface area is 103 Å². The zero-order valence-electron chi connectivity index (χ0n) is 9.74. The van der Waals surface area contributed by atoms with E-state index in [-0.39, 0.29) is 0 Å². The molecule has 0 radical (unpaired) electrons. The number of ether oxygens (including phenoxy) is 1. The Morgan fingerprint density at radius 2 is 1.78 bits per heavy atom. The van der Waals surface area contributed by atoms with E-state index < -0.39 is 0 Å². The largest absolute Gasteiger partial charge is 0.497 e. The third-order valence-corrected chi connectivity index (χ3v) is 2.60. The number of aromatic nitrogens is 4. The van der Waals surface area contributed by atoms with Gasteiger partial charge in [-0.05, 0) is 30.3 Å². The second kappa shape index (κ2) is 4.37. The highest BCUT2D eigenvalue weighted by atomic mass is 16.5. The fraction of sp³-hybridized carbons (Fsp3) is 0.0769. The van der Waals surface area contributed by atoms with E-state index in [9.17, 15) is 0 Å². The van der Waals surface area contributed by atoms with Gasteiger partial charge in [-0.2, -0.15) is 0 Å². The normalized spacial score (nSPS) is 10.5. The van der Waals surface area contributed by atoms with Crippen LogP contribution in [0.25, 0.3) is 22.4 Å². The van der Waals surface area contributed by atoms with Gasteiger partial charge in [-0.25, -0.2) is 4.98 Å². The molecule has 5 heteroatoms. The zero-order chi connectivity index (χ0) is 12.4. The van der Waals surface area contributed by atoms with E-state index in [4.69, 9.17) is 4.74 Å². The molecule has 0 atom stereocenters. The van der Waals surface area contributed by atoms with Gasteiger partial charge in [0.05, 0.1) is 13.3 Å². The number of benzene rings is 1. The topological polar surface area (TPSA) is 60.8 Å². The molecule has 0 aliphatic rings. The average Bonchev–Trinajstić information content (AvgIpc) is 2.47. The first kappa shape index (κ1) is 10.6. The van der Waals surface area contributed by atoms with Crippen molar-refractivity contribution in [2.45, 2.75) is 0 Å². The summed E-state index contributed by atoms with van der Waals surface area (Å²) in [5.41, 5.74) is 2.37.